The number of imidazole rings is 1. The number of azide groups is 1. The van der Waals surface area contributed by atoms with Crippen molar-refractivity contribution in [1.29, 1.82) is 0 Å². The molecule has 3 N–H and O–H groups in total. The number of aromatic nitrogens is 4. The van der Waals surface area contributed by atoms with E-state index in [4.69, 9.17) is 25.5 Å². The van der Waals surface area contributed by atoms with Gasteiger partial charge in [-0.15, -0.1) is 0 Å². The van der Waals surface area contributed by atoms with Gasteiger partial charge in [-0.3, -0.25) is 0 Å². The lowest BCUT2D eigenvalue weighted by atomic mass is 10.5. The standard InChI is InChI=1S/C13H16N8O3/c14-13-19-11-10(16-9-17-11)12(20-13)24-5-2-1-4-22-7-8-23-6-3-18-21-15/h9H,3-8H2,(H3,14,16,17,19,20). The van der Waals surface area contributed by atoms with Crippen LogP contribution in [0.1, 0.15) is 0 Å². The monoisotopic (exact) mass is 332 g/mol. The average Bonchev–Trinajstić information content (AvgIpc) is 3.04. The molecule has 24 heavy (non-hydrogen) atoms. The molecule has 0 aliphatic rings. The Labute approximate surface area is 137 Å². The number of ether oxygens (including phenoxy) is 3. The molecule has 0 atom stereocenters. The zero-order chi connectivity index (χ0) is 17.0. The minimum Gasteiger partial charge on any atom is -0.463 e. The van der Waals surface area contributed by atoms with E-state index in [0.717, 1.165) is 0 Å². The van der Waals surface area contributed by atoms with E-state index in [1.807, 2.05) is 0 Å². The highest BCUT2D eigenvalue weighted by Gasteiger charge is 2.08. The molecule has 0 aliphatic carbocycles. The number of fused-ring (bicyclic) bond motifs is 1. The van der Waals surface area contributed by atoms with E-state index < -0.39 is 0 Å². The van der Waals surface area contributed by atoms with Crippen molar-refractivity contribution < 1.29 is 14.2 Å². The molecule has 2 heterocycles. The van der Waals surface area contributed by atoms with Crippen molar-refractivity contribution in [1.82, 2.24) is 19.9 Å². The smallest absolute Gasteiger partial charge is 0.246 e. The summed E-state index contributed by atoms with van der Waals surface area (Å²) in [7, 11) is 0. The maximum absolute atomic E-state index is 8.07. The van der Waals surface area contributed by atoms with Gasteiger partial charge in [-0.2, -0.15) is 9.97 Å². The number of hydrogen-bond donors (Lipinski definition) is 2. The summed E-state index contributed by atoms with van der Waals surface area (Å²) in [5.74, 6) is 5.99. The van der Waals surface area contributed by atoms with Crippen LogP contribution in [-0.2, 0) is 9.47 Å². The highest BCUT2D eigenvalue weighted by atomic mass is 16.5. The molecule has 0 aromatic carbocycles. The summed E-state index contributed by atoms with van der Waals surface area (Å²) in [5, 5.41) is 3.34. The number of nitrogen functional groups attached to an aromatic ring is 1. The first kappa shape index (κ1) is 17.3. The average molecular weight is 332 g/mol. The van der Waals surface area contributed by atoms with Gasteiger partial charge in [-0.05, 0) is 5.53 Å². The van der Waals surface area contributed by atoms with Crippen LogP contribution in [0, 0.1) is 11.8 Å². The third-order valence-corrected chi connectivity index (χ3v) is 2.62. The molecule has 0 aliphatic heterocycles. The first-order valence-electron chi connectivity index (χ1n) is 7.02. The molecule has 0 saturated carbocycles. The van der Waals surface area contributed by atoms with Gasteiger partial charge in [-0.1, -0.05) is 17.0 Å². The van der Waals surface area contributed by atoms with E-state index in [1.165, 1.54) is 6.33 Å². The Kier molecular flexibility index (Phi) is 7.10. The summed E-state index contributed by atoms with van der Waals surface area (Å²) in [5.41, 5.74) is 14.7. The Bertz CT molecular complexity index is 759. The fraction of sp³-hybridized carbons (Fsp3) is 0.462. The normalized spacial score (nSPS) is 10.0. The Morgan fingerprint density at radius 1 is 1.21 bits per heavy atom. The van der Waals surface area contributed by atoms with Gasteiger partial charge in [0.25, 0.3) is 0 Å². The molecule has 11 heteroatoms. The maximum Gasteiger partial charge on any atom is 0.246 e. The molecule has 0 amide bonds. The molecule has 0 unspecified atom stereocenters. The summed E-state index contributed by atoms with van der Waals surface area (Å²) in [6, 6.07) is 0. The molecular weight excluding hydrogens is 316 g/mol. The third kappa shape index (κ3) is 5.62. The molecule has 0 spiro atoms. The van der Waals surface area contributed by atoms with E-state index in [0.29, 0.717) is 43.4 Å². The molecule has 0 radical (unpaired) electrons. The van der Waals surface area contributed by atoms with Crippen LogP contribution < -0.4 is 10.5 Å². The lowest BCUT2D eigenvalue weighted by molar-refractivity contribution is 0.0636. The molecule has 0 saturated heterocycles. The number of nitrogens with two attached hydrogens (primary N) is 1. The number of aromatic amines is 1. The fourth-order valence-corrected chi connectivity index (χ4v) is 1.63. The van der Waals surface area contributed by atoms with E-state index in [1.54, 1.807) is 0 Å². The summed E-state index contributed by atoms with van der Waals surface area (Å²) in [4.78, 5) is 17.4. The fourth-order valence-electron chi connectivity index (χ4n) is 1.63. The number of nitrogens with one attached hydrogen (secondary N) is 1. The SMILES string of the molecule is [N-]=[N+]=NCCOCCOCC#CCOc1nc(N)nc2nc[nH]c12. The van der Waals surface area contributed by atoms with Crippen molar-refractivity contribution in [3.8, 4) is 17.7 Å². The predicted molar refractivity (Wildman–Crippen MR) is 85.0 cm³/mol. The van der Waals surface area contributed by atoms with E-state index in [2.05, 4.69) is 41.8 Å². The molecule has 11 nitrogen and oxygen atoms in total. The molecule has 0 fully saturated rings. The number of rotatable bonds is 9. The molecule has 2 aromatic heterocycles. The van der Waals surface area contributed by atoms with Gasteiger partial charge in [-0.25, -0.2) is 4.98 Å². The number of nitrogens with zero attached hydrogens (tertiary/aromatic N) is 6. The topological polar surface area (TPSA) is 157 Å². The summed E-state index contributed by atoms with van der Waals surface area (Å²) < 4.78 is 15.9. The first-order valence-corrected chi connectivity index (χ1v) is 7.02. The summed E-state index contributed by atoms with van der Waals surface area (Å²) >= 11 is 0. The second-order valence-corrected chi connectivity index (χ2v) is 4.25. The highest BCUT2D eigenvalue weighted by Crippen LogP contribution is 2.19. The Morgan fingerprint density at radius 2 is 2.04 bits per heavy atom. The van der Waals surface area contributed by atoms with Crippen LogP contribution in [-0.4, -0.2) is 59.5 Å². The van der Waals surface area contributed by atoms with Gasteiger partial charge >= 0.3 is 0 Å². The van der Waals surface area contributed by atoms with Crippen molar-refractivity contribution in [2.45, 2.75) is 0 Å². The van der Waals surface area contributed by atoms with Crippen LogP contribution in [0.2, 0.25) is 0 Å². The van der Waals surface area contributed by atoms with Crippen molar-refractivity contribution in [2.24, 2.45) is 5.11 Å². The van der Waals surface area contributed by atoms with Gasteiger partial charge in [0.1, 0.15) is 12.1 Å². The molecular formula is C13H16N8O3. The number of anilines is 1. The minimum atomic E-state index is 0.0846. The van der Waals surface area contributed by atoms with E-state index in [9.17, 15) is 0 Å². The third-order valence-electron chi connectivity index (χ3n) is 2.62. The van der Waals surface area contributed by atoms with Crippen LogP contribution in [0.5, 0.6) is 5.88 Å². The Hall–Kier alpha value is -3.06. The highest BCUT2D eigenvalue weighted by molar-refractivity contribution is 5.76. The first-order chi connectivity index (χ1) is 11.8. The van der Waals surface area contributed by atoms with E-state index in [-0.39, 0.29) is 19.2 Å². The summed E-state index contributed by atoms with van der Waals surface area (Å²) in [6.07, 6.45) is 1.49. The van der Waals surface area contributed by atoms with Crippen molar-refractivity contribution in [2.75, 3.05) is 45.3 Å². The molecule has 0 bridgehead atoms. The lowest BCUT2D eigenvalue weighted by Gasteiger charge is -2.02. The zero-order valence-electron chi connectivity index (χ0n) is 12.8. The predicted octanol–water partition coefficient (Wildman–Crippen LogP) is 0.661. The lowest BCUT2D eigenvalue weighted by Crippen LogP contribution is -2.07. The van der Waals surface area contributed by atoms with Crippen molar-refractivity contribution >= 4 is 17.1 Å². The number of hydrogen-bond acceptors (Lipinski definition) is 8. The van der Waals surface area contributed by atoms with Gasteiger partial charge in [0.05, 0.1) is 26.1 Å². The van der Waals surface area contributed by atoms with Crippen LogP contribution in [0.3, 0.4) is 0 Å². The van der Waals surface area contributed by atoms with E-state index >= 15 is 0 Å². The maximum atomic E-state index is 8.07. The minimum absolute atomic E-state index is 0.0846. The van der Waals surface area contributed by atoms with Gasteiger partial charge in [0.2, 0.25) is 11.8 Å². The van der Waals surface area contributed by atoms with Crippen LogP contribution in [0.25, 0.3) is 21.6 Å². The van der Waals surface area contributed by atoms with Crippen LogP contribution >= 0.6 is 0 Å². The van der Waals surface area contributed by atoms with Gasteiger partial charge in [0, 0.05) is 11.5 Å². The van der Waals surface area contributed by atoms with Crippen molar-refractivity contribution in [3.63, 3.8) is 0 Å². The Balaban J connectivity index is 1.62. The largest absolute Gasteiger partial charge is 0.463 e. The van der Waals surface area contributed by atoms with Gasteiger partial charge in [0.15, 0.2) is 12.3 Å². The summed E-state index contributed by atoms with van der Waals surface area (Å²) in [6.45, 7) is 1.90. The second kappa shape index (κ2) is 9.86. The quantitative estimate of drug-likeness (QED) is 0.224. The second-order valence-electron chi connectivity index (χ2n) is 4.25. The Morgan fingerprint density at radius 3 is 2.92 bits per heavy atom. The molecule has 2 aromatic rings. The molecule has 126 valence electrons. The zero-order valence-corrected chi connectivity index (χ0v) is 12.8. The van der Waals surface area contributed by atoms with Crippen LogP contribution in [0.4, 0.5) is 5.95 Å². The number of H-pyrrole nitrogens is 1. The van der Waals surface area contributed by atoms with Crippen LogP contribution in [0.15, 0.2) is 11.4 Å². The molecule has 2 rings (SSSR count). The van der Waals surface area contributed by atoms with Gasteiger partial charge < -0.3 is 24.9 Å². The van der Waals surface area contributed by atoms with Crippen molar-refractivity contribution in [3.05, 3.63) is 16.8 Å².